The van der Waals surface area contributed by atoms with E-state index in [4.69, 9.17) is 4.74 Å². The van der Waals surface area contributed by atoms with E-state index in [9.17, 15) is 10.1 Å². The molecule has 1 atom stereocenters. The molecular formula is C19H17N3O2S. The van der Waals surface area contributed by atoms with Crippen molar-refractivity contribution in [3.8, 4) is 17.5 Å². The molecule has 1 aromatic heterocycles. The second-order valence-corrected chi connectivity index (χ2v) is 6.92. The van der Waals surface area contributed by atoms with Crippen LogP contribution in [-0.2, 0) is 0 Å². The van der Waals surface area contributed by atoms with Crippen LogP contribution in [0.5, 0.6) is 5.75 Å². The summed E-state index contributed by atoms with van der Waals surface area (Å²) in [5.41, 5.74) is 2.06. The number of nitriles is 1. The van der Waals surface area contributed by atoms with Gasteiger partial charge in [-0.2, -0.15) is 5.26 Å². The molecule has 126 valence electrons. The fraction of sp³-hybridized carbons (Fsp3) is 0.211. The summed E-state index contributed by atoms with van der Waals surface area (Å²) in [6.07, 6.45) is 0. The van der Waals surface area contributed by atoms with Gasteiger partial charge in [0.25, 0.3) is 5.56 Å². The lowest BCUT2D eigenvalue weighted by Gasteiger charge is -2.16. The molecule has 0 aliphatic carbocycles. The molecule has 0 saturated heterocycles. The third-order valence-electron chi connectivity index (χ3n) is 3.78. The third kappa shape index (κ3) is 3.24. The van der Waals surface area contributed by atoms with E-state index in [1.807, 2.05) is 37.3 Å². The monoisotopic (exact) mass is 351 g/mol. The van der Waals surface area contributed by atoms with Crippen molar-refractivity contribution in [3.05, 3.63) is 58.4 Å². The maximum atomic E-state index is 13.2. The van der Waals surface area contributed by atoms with Gasteiger partial charge in [-0.15, -0.1) is 0 Å². The van der Waals surface area contributed by atoms with Gasteiger partial charge in [-0.1, -0.05) is 30.0 Å². The lowest BCUT2D eigenvalue weighted by molar-refractivity contribution is 0.411. The lowest BCUT2D eigenvalue weighted by atomic mass is 10.2. The molecule has 0 radical (unpaired) electrons. The Morgan fingerprint density at radius 2 is 2.04 bits per heavy atom. The Hall–Kier alpha value is -2.78. The van der Waals surface area contributed by atoms with Crippen molar-refractivity contribution in [1.29, 1.82) is 5.26 Å². The minimum Gasteiger partial charge on any atom is -0.495 e. The first kappa shape index (κ1) is 17.1. The highest BCUT2D eigenvalue weighted by Crippen LogP contribution is 2.29. The molecule has 0 N–H and O–H groups in total. The summed E-state index contributed by atoms with van der Waals surface area (Å²) in [7, 11) is 1.57. The van der Waals surface area contributed by atoms with Crippen molar-refractivity contribution in [3.63, 3.8) is 0 Å². The summed E-state index contributed by atoms with van der Waals surface area (Å²) in [6, 6.07) is 15.0. The normalized spacial score (nSPS) is 11.9. The van der Waals surface area contributed by atoms with E-state index in [0.717, 1.165) is 5.56 Å². The summed E-state index contributed by atoms with van der Waals surface area (Å²) in [5.74, 6) is 0.580. The smallest absolute Gasteiger partial charge is 0.266 e. The number of hydrogen-bond donors (Lipinski definition) is 0. The summed E-state index contributed by atoms with van der Waals surface area (Å²) in [5, 5.41) is 9.84. The van der Waals surface area contributed by atoms with E-state index in [1.54, 1.807) is 26.2 Å². The first-order chi connectivity index (χ1) is 12.0. The van der Waals surface area contributed by atoms with Crippen LogP contribution in [0.3, 0.4) is 0 Å². The zero-order valence-corrected chi connectivity index (χ0v) is 15.0. The zero-order chi connectivity index (χ0) is 18.0. The number of benzene rings is 2. The third-order valence-corrected chi connectivity index (χ3v) is 4.73. The van der Waals surface area contributed by atoms with Gasteiger partial charge in [-0.3, -0.25) is 9.36 Å². The molecule has 1 heterocycles. The molecule has 2 aromatic carbocycles. The zero-order valence-electron chi connectivity index (χ0n) is 14.2. The first-order valence-electron chi connectivity index (χ1n) is 7.78. The first-order valence-corrected chi connectivity index (χ1v) is 8.66. The summed E-state index contributed by atoms with van der Waals surface area (Å²) >= 11 is 1.25. The second kappa shape index (κ2) is 6.99. The molecule has 0 spiro atoms. The van der Waals surface area contributed by atoms with Gasteiger partial charge >= 0.3 is 0 Å². The number of thioether (sulfide) groups is 1. The quantitative estimate of drug-likeness (QED) is 0.529. The number of aromatic nitrogens is 2. The topological polar surface area (TPSA) is 67.9 Å². The Bertz CT molecular complexity index is 1040. The standard InChI is InChI=1S/C19H17N3O2S/c1-12-8-9-17(24-3)16(10-12)22-18(23)14-6-4-5-7-15(14)21-19(22)25-13(2)11-20/h4-10,13H,1-3H3/t13-/m0/s1. The predicted octanol–water partition coefficient (Wildman–Crippen LogP) is 3.71. The highest BCUT2D eigenvalue weighted by atomic mass is 32.2. The van der Waals surface area contributed by atoms with E-state index in [-0.39, 0.29) is 10.8 Å². The molecular weight excluding hydrogens is 334 g/mol. The van der Waals surface area contributed by atoms with Gasteiger partial charge in [0, 0.05) is 0 Å². The maximum Gasteiger partial charge on any atom is 0.266 e. The predicted molar refractivity (Wildman–Crippen MR) is 99.6 cm³/mol. The molecule has 0 aliphatic heterocycles. The molecule has 0 amide bonds. The molecule has 3 rings (SSSR count). The van der Waals surface area contributed by atoms with E-state index >= 15 is 0 Å². The van der Waals surface area contributed by atoms with E-state index < -0.39 is 0 Å². The van der Waals surface area contributed by atoms with Crippen LogP contribution in [0.4, 0.5) is 0 Å². The highest BCUT2D eigenvalue weighted by molar-refractivity contribution is 8.00. The summed E-state index contributed by atoms with van der Waals surface area (Å²) in [4.78, 5) is 17.8. The van der Waals surface area contributed by atoms with Crippen molar-refractivity contribution < 1.29 is 4.74 Å². The lowest BCUT2D eigenvalue weighted by Crippen LogP contribution is -2.23. The van der Waals surface area contributed by atoms with Crippen LogP contribution in [0.25, 0.3) is 16.6 Å². The van der Waals surface area contributed by atoms with Crippen LogP contribution < -0.4 is 10.3 Å². The SMILES string of the molecule is COc1ccc(C)cc1-n1c(S[C@@H](C)C#N)nc2ccccc2c1=O. The molecule has 6 heteroatoms. The number of fused-ring (bicyclic) bond motifs is 1. The van der Waals surface area contributed by atoms with E-state index in [1.165, 1.54) is 16.3 Å². The van der Waals surface area contributed by atoms with Gasteiger partial charge in [-0.25, -0.2) is 4.98 Å². The molecule has 5 nitrogen and oxygen atoms in total. The van der Waals surface area contributed by atoms with Crippen molar-refractivity contribution in [2.45, 2.75) is 24.3 Å². The van der Waals surface area contributed by atoms with Gasteiger partial charge < -0.3 is 4.74 Å². The number of hydrogen-bond acceptors (Lipinski definition) is 5. The van der Waals surface area contributed by atoms with Gasteiger partial charge in [0.05, 0.1) is 35.0 Å². The Morgan fingerprint density at radius 1 is 1.28 bits per heavy atom. The van der Waals surface area contributed by atoms with Gasteiger partial charge in [0.1, 0.15) is 5.75 Å². The number of nitrogens with zero attached hydrogens (tertiary/aromatic N) is 3. The fourth-order valence-corrected chi connectivity index (χ4v) is 3.37. The van der Waals surface area contributed by atoms with Crippen molar-refractivity contribution in [2.24, 2.45) is 0 Å². The number of ether oxygens (including phenoxy) is 1. The van der Waals surface area contributed by atoms with Gasteiger partial charge in [0.15, 0.2) is 5.16 Å². The average Bonchev–Trinajstić information content (AvgIpc) is 2.62. The van der Waals surface area contributed by atoms with Crippen molar-refractivity contribution in [2.75, 3.05) is 7.11 Å². The fourth-order valence-electron chi connectivity index (χ4n) is 2.56. The minimum absolute atomic E-state index is 0.179. The van der Waals surface area contributed by atoms with Crippen LogP contribution in [0.15, 0.2) is 52.4 Å². The van der Waals surface area contributed by atoms with Crippen LogP contribution in [0, 0.1) is 18.3 Å². The molecule has 0 aliphatic rings. The number of aryl methyl sites for hydroxylation is 1. The molecule has 3 aromatic rings. The Balaban J connectivity index is 2.38. The second-order valence-electron chi connectivity index (χ2n) is 5.62. The van der Waals surface area contributed by atoms with Crippen LogP contribution in [-0.4, -0.2) is 21.9 Å². The van der Waals surface area contributed by atoms with Crippen LogP contribution in [0.2, 0.25) is 0 Å². The molecule has 0 bridgehead atoms. The van der Waals surface area contributed by atoms with E-state index in [2.05, 4.69) is 11.1 Å². The molecule has 25 heavy (non-hydrogen) atoms. The van der Waals surface area contributed by atoms with E-state index in [0.29, 0.717) is 27.5 Å². The summed E-state index contributed by atoms with van der Waals surface area (Å²) < 4.78 is 6.98. The van der Waals surface area contributed by atoms with Crippen molar-refractivity contribution >= 4 is 22.7 Å². The Morgan fingerprint density at radius 3 is 2.76 bits per heavy atom. The Kier molecular flexibility index (Phi) is 4.77. The summed E-state index contributed by atoms with van der Waals surface area (Å²) in [6.45, 7) is 3.73. The number of para-hydroxylation sites is 1. The molecule has 0 fully saturated rings. The molecule has 0 saturated carbocycles. The number of methoxy groups -OCH3 is 1. The minimum atomic E-state index is -0.338. The number of rotatable bonds is 4. The van der Waals surface area contributed by atoms with Crippen molar-refractivity contribution in [1.82, 2.24) is 9.55 Å². The highest BCUT2D eigenvalue weighted by Gasteiger charge is 2.18. The van der Waals surface area contributed by atoms with Crippen LogP contribution in [0.1, 0.15) is 12.5 Å². The van der Waals surface area contributed by atoms with Gasteiger partial charge in [0.2, 0.25) is 0 Å². The average molecular weight is 351 g/mol. The van der Waals surface area contributed by atoms with Crippen LogP contribution >= 0.6 is 11.8 Å². The Labute approximate surface area is 149 Å². The maximum absolute atomic E-state index is 13.2. The largest absolute Gasteiger partial charge is 0.495 e. The molecule has 0 unspecified atom stereocenters. The van der Waals surface area contributed by atoms with Gasteiger partial charge in [-0.05, 0) is 43.7 Å².